The minimum atomic E-state index is -0.347. The van der Waals surface area contributed by atoms with Gasteiger partial charge in [-0.05, 0) is 54.1 Å². The molecule has 1 heterocycles. The molecule has 0 unspecified atom stereocenters. The van der Waals surface area contributed by atoms with Crippen molar-refractivity contribution in [2.75, 3.05) is 12.0 Å². The number of aryl methyl sites for hydroxylation is 1. The highest BCUT2D eigenvalue weighted by atomic mass is 35.5. The summed E-state index contributed by atoms with van der Waals surface area (Å²) in [5.74, 6) is -0.347. The first-order valence-corrected chi connectivity index (χ1v) is 9.03. The molecule has 3 rings (SSSR count). The Bertz CT molecular complexity index is 883. The van der Waals surface area contributed by atoms with Crippen molar-refractivity contribution < 1.29 is 9.59 Å². The molecule has 0 spiro atoms. The van der Waals surface area contributed by atoms with Crippen LogP contribution in [0, 0.1) is 6.92 Å². The number of halogens is 2. The standard InChI is InChI=1S/C18H14Cl2N2O2S/c1-11-6-7-13(9-15(11)20)21-10-22-17(23)16(25-18(22)24)8-12-4-2-3-5-14(12)19/h2-9,21H,10H2,1H3/b16-8-. The molecule has 2 aromatic carbocycles. The summed E-state index contributed by atoms with van der Waals surface area (Å²) in [5, 5.41) is 3.87. The summed E-state index contributed by atoms with van der Waals surface area (Å²) in [6.45, 7) is 1.98. The van der Waals surface area contributed by atoms with Crippen molar-refractivity contribution in [3.63, 3.8) is 0 Å². The fourth-order valence-electron chi connectivity index (χ4n) is 2.24. The number of carbonyl (C=O) groups is 2. The Kier molecular flexibility index (Phi) is 5.37. The number of benzene rings is 2. The van der Waals surface area contributed by atoms with Gasteiger partial charge in [0.05, 0.1) is 11.6 Å². The maximum absolute atomic E-state index is 12.5. The third-order valence-corrected chi connectivity index (χ3v) is 5.34. The first-order valence-electron chi connectivity index (χ1n) is 7.45. The highest BCUT2D eigenvalue weighted by Gasteiger charge is 2.34. The second kappa shape index (κ2) is 7.52. The molecule has 1 aliphatic heterocycles. The van der Waals surface area contributed by atoms with Gasteiger partial charge in [0.1, 0.15) is 0 Å². The van der Waals surface area contributed by atoms with E-state index in [1.54, 1.807) is 24.3 Å². The predicted octanol–water partition coefficient (Wildman–Crippen LogP) is 5.41. The number of hydrogen-bond donors (Lipinski definition) is 1. The van der Waals surface area contributed by atoms with E-state index in [0.717, 1.165) is 27.9 Å². The van der Waals surface area contributed by atoms with Crippen LogP contribution in [-0.2, 0) is 4.79 Å². The molecule has 128 valence electrons. The average Bonchev–Trinajstić information content (AvgIpc) is 2.85. The molecule has 1 saturated heterocycles. The van der Waals surface area contributed by atoms with Crippen molar-refractivity contribution in [2.45, 2.75) is 6.92 Å². The van der Waals surface area contributed by atoms with E-state index in [-0.39, 0.29) is 17.8 Å². The molecule has 2 amide bonds. The number of hydrogen-bond acceptors (Lipinski definition) is 4. The van der Waals surface area contributed by atoms with Crippen molar-refractivity contribution in [1.29, 1.82) is 0 Å². The van der Waals surface area contributed by atoms with Crippen LogP contribution in [-0.4, -0.2) is 22.7 Å². The van der Waals surface area contributed by atoms with Gasteiger partial charge in [-0.2, -0.15) is 0 Å². The smallest absolute Gasteiger partial charge is 0.295 e. The van der Waals surface area contributed by atoms with Gasteiger partial charge in [0.2, 0.25) is 0 Å². The first kappa shape index (κ1) is 17.9. The van der Waals surface area contributed by atoms with E-state index in [1.165, 1.54) is 0 Å². The number of anilines is 1. The van der Waals surface area contributed by atoms with Gasteiger partial charge in [0.25, 0.3) is 11.1 Å². The van der Waals surface area contributed by atoms with Crippen molar-refractivity contribution in [3.8, 4) is 0 Å². The Morgan fingerprint density at radius 2 is 1.88 bits per heavy atom. The molecule has 0 saturated carbocycles. The Balaban J connectivity index is 1.73. The van der Waals surface area contributed by atoms with Crippen LogP contribution in [0.3, 0.4) is 0 Å². The largest absolute Gasteiger partial charge is 0.367 e. The second-order valence-corrected chi connectivity index (χ2v) is 7.24. The molecular weight excluding hydrogens is 379 g/mol. The van der Waals surface area contributed by atoms with E-state index in [4.69, 9.17) is 23.2 Å². The zero-order valence-electron chi connectivity index (χ0n) is 13.3. The number of carbonyl (C=O) groups excluding carboxylic acids is 2. The molecule has 2 aromatic rings. The summed E-state index contributed by atoms with van der Waals surface area (Å²) in [7, 11) is 0. The molecule has 1 fully saturated rings. The topological polar surface area (TPSA) is 49.4 Å². The minimum Gasteiger partial charge on any atom is -0.367 e. The van der Waals surface area contributed by atoms with Crippen molar-refractivity contribution in [3.05, 3.63) is 68.5 Å². The summed E-state index contributed by atoms with van der Waals surface area (Å²) in [6.07, 6.45) is 1.63. The molecule has 1 N–H and O–H groups in total. The van der Waals surface area contributed by atoms with E-state index in [1.807, 2.05) is 31.2 Å². The number of nitrogens with one attached hydrogen (secondary N) is 1. The van der Waals surface area contributed by atoms with Crippen molar-refractivity contribution in [1.82, 2.24) is 4.90 Å². The van der Waals surface area contributed by atoms with E-state index >= 15 is 0 Å². The van der Waals surface area contributed by atoms with E-state index < -0.39 is 0 Å². The normalized spacial score (nSPS) is 16.0. The van der Waals surface area contributed by atoms with Crippen LogP contribution in [0.15, 0.2) is 47.4 Å². The molecule has 1 aliphatic rings. The first-order chi connectivity index (χ1) is 12.0. The van der Waals surface area contributed by atoms with Crippen LogP contribution >= 0.6 is 35.0 Å². The highest BCUT2D eigenvalue weighted by Crippen LogP contribution is 2.33. The van der Waals surface area contributed by atoms with Crippen LogP contribution in [0.25, 0.3) is 6.08 Å². The van der Waals surface area contributed by atoms with Crippen molar-refractivity contribution in [2.24, 2.45) is 0 Å². The molecule has 0 aromatic heterocycles. The molecule has 25 heavy (non-hydrogen) atoms. The SMILES string of the molecule is Cc1ccc(NCN2C(=O)S/C(=C\c3ccccc3Cl)C2=O)cc1Cl. The van der Waals surface area contributed by atoms with Gasteiger partial charge >= 0.3 is 0 Å². The van der Waals surface area contributed by atoms with Gasteiger partial charge in [-0.3, -0.25) is 14.5 Å². The number of thioether (sulfide) groups is 1. The van der Waals surface area contributed by atoms with Crippen LogP contribution in [0.4, 0.5) is 10.5 Å². The van der Waals surface area contributed by atoms with Gasteiger partial charge in [-0.1, -0.05) is 47.5 Å². The van der Waals surface area contributed by atoms with Gasteiger partial charge in [-0.25, -0.2) is 0 Å². The third-order valence-electron chi connectivity index (χ3n) is 3.68. The van der Waals surface area contributed by atoms with Gasteiger partial charge in [0, 0.05) is 15.7 Å². The monoisotopic (exact) mass is 392 g/mol. The summed E-state index contributed by atoms with van der Waals surface area (Å²) in [6, 6.07) is 12.6. The Morgan fingerprint density at radius 1 is 1.12 bits per heavy atom. The summed E-state index contributed by atoms with van der Waals surface area (Å²) in [4.78, 5) is 26.1. The molecule has 0 radical (unpaired) electrons. The maximum atomic E-state index is 12.5. The summed E-state index contributed by atoms with van der Waals surface area (Å²) < 4.78 is 0. The maximum Gasteiger partial charge on any atom is 0.295 e. The third kappa shape index (κ3) is 4.00. The van der Waals surface area contributed by atoms with Gasteiger partial charge < -0.3 is 5.32 Å². The quantitative estimate of drug-likeness (QED) is 0.706. The lowest BCUT2D eigenvalue weighted by molar-refractivity contribution is -0.122. The number of imide groups is 1. The fourth-order valence-corrected chi connectivity index (χ4v) is 3.44. The van der Waals surface area contributed by atoms with Crippen LogP contribution in [0.5, 0.6) is 0 Å². The summed E-state index contributed by atoms with van der Waals surface area (Å²) >= 11 is 13.1. The lowest BCUT2D eigenvalue weighted by Crippen LogP contribution is -2.33. The number of nitrogens with zero attached hydrogens (tertiary/aromatic N) is 1. The Morgan fingerprint density at radius 3 is 2.60 bits per heavy atom. The molecule has 0 atom stereocenters. The van der Waals surface area contributed by atoms with Crippen LogP contribution in [0.2, 0.25) is 10.0 Å². The molecular formula is C18H14Cl2N2O2S. The number of amides is 2. The molecule has 7 heteroatoms. The van der Waals surface area contributed by atoms with E-state index in [9.17, 15) is 9.59 Å². The molecule has 0 aliphatic carbocycles. The van der Waals surface area contributed by atoms with E-state index in [0.29, 0.717) is 20.5 Å². The van der Waals surface area contributed by atoms with Crippen molar-refractivity contribution >= 4 is 57.9 Å². The van der Waals surface area contributed by atoms with Gasteiger partial charge in [0.15, 0.2) is 0 Å². The second-order valence-electron chi connectivity index (χ2n) is 5.43. The average molecular weight is 393 g/mol. The Labute approximate surface area is 159 Å². The summed E-state index contributed by atoms with van der Waals surface area (Å²) in [5.41, 5.74) is 2.40. The van der Waals surface area contributed by atoms with E-state index in [2.05, 4.69) is 5.32 Å². The number of rotatable bonds is 4. The lowest BCUT2D eigenvalue weighted by Gasteiger charge is -2.15. The molecule has 0 bridgehead atoms. The zero-order valence-corrected chi connectivity index (χ0v) is 15.6. The van der Waals surface area contributed by atoms with Gasteiger partial charge in [-0.15, -0.1) is 0 Å². The minimum absolute atomic E-state index is 0.0733. The van der Waals surface area contributed by atoms with Crippen LogP contribution in [0.1, 0.15) is 11.1 Å². The Hall–Kier alpha value is -1.95. The zero-order chi connectivity index (χ0) is 18.0. The van der Waals surface area contributed by atoms with Crippen LogP contribution < -0.4 is 5.32 Å². The lowest BCUT2D eigenvalue weighted by atomic mass is 10.2. The fraction of sp³-hybridized carbons (Fsp3) is 0.111. The highest BCUT2D eigenvalue weighted by molar-refractivity contribution is 8.18. The molecule has 4 nitrogen and oxygen atoms in total. The predicted molar refractivity (Wildman–Crippen MR) is 104 cm³/mol.